The number of aryl methyl sites for hydroxylation is 1. The Morgan fingerprint density at radius 3 is 2.43 bits per heavy atom. The summed E-state index contributed by atoms with van der Waals surface area (Å²) in [6.07, 6.45) is -3.62. The fourth-order valence-corrected chi connectivity index (χ4v) is 6.57. The van der Waals surface area contributed by atoms with Crippen LogP contribution in [0.1, 0.15) is 11.1 Å². The second-order valence-corrected chi connectivity index (χ2v) is 10.7. The van der Waals surface area contributed by atoms with Gasteiger partial charge in [0, 0.05) is 10.9 Å². The van der Waals surface area contributed by atoms with Crippen molar-refractivity contribution in [2.75, 3.05) is 4.31 Å². The van der Waals surface area contributed by atoms with Crippen LogP contribution in [0.25, 0.3) is 21.6 Å². The summed E-state index contributed by atoms with van der Waals surface area (Å²) in [7, 11) is -4.14. The summed E-state index contributed by atoms with van der Waals surface area (Å²) in [6, 6.07) is 15.5. The topological polar surface area (TPSA) is 114 Å². The summed E-state index contributed by atoms with van der Waals surface area (Å²) in [4.78, 5) is 4.10. The van der Waals surface area contributed by atoms with Crippen LogP contribution in [0.5, 0.6) is 5.75 Å². The maximum atomic E-state index is 13.9. The molecule has 0 saturated heterocycles. The van der Waals surface area contributed by atoms with Crippen LogP contribution in [0.3, 0.4) is 0 Å². The van der Waals surface area contributed by atoms with E-state index in [4.69, 9.17) is 0 Å². The molecule has 0 atom stereocenters. The number of alkyl halides is 3. The fraction of sp³-hybridized carbons (Fsp3) is 0.130. The van der Waals surface area contributed by atoms with Crippen LogP contribution in [0.4, 0.5) is 18.2 Å². The molecular weight excluding hydrogens is 529 g/mol. The van der Waals surface area contributed by atoms with E-state index in [2.05, 4.69) is 30.3 Å². The van der Waals surface area contributed by atoms with Gasteiger partial charge in [-0.25, -0.2) is 8.42 Å². The zero-order valence-electron chi connectivity index (χ0n) is 19.0. The molecule has 37 heavy (non-hydrogen) atoms. The van der Waals surface area contributed by atoms with Gasteiger partial charge in [0.25, 0.3) is 10.0 Å². The number of hydrogen-bond acceptors (Lipinski definition) is 8. The van der Waals surface area contributed by atoms with Crippen LogP contribution in [0, 0.1) is 6.92 Å². The molecule has 0 bridgehead atoms. The van der Waals surface area contributed by atoms with E-state index >= 15 is 0 Å². The van der Waals surface area contributed by atoms with E-state index in [1.807, 2.05) is 31.2 Å². The quantitative estimate of drug-likeness (QED) is 0.303. The maximum Gasteiger partial charge on any atom is 0.573 e. The average Bonchev–Trinajstić information content (AvgIpc) is 3.52. The number of ether oxygens (including phenoxy) is 1. The van der Waals surface area contributed by atoms with Gasteiger partial charge in [0.05, 0.1) is 6.54 Å². The molecule has 1 N–H and O–H groups in total. The van der Waals surface area contributed by atoms with Gasteiger partial charge in [0.2, 0.25) is 5.82 Å². The number of hydrogen-bond donors (Lipinski definition) is 1. The first-order valence-electron chi connectivity index (χ1n) is 10.7. The SMILES string of the molecule is Cc1c(N(Cc2ccc(OC(F)(F)F)cc2)S(=O)(=O)c2ccc(-c3nn[nH]n3)nc2)sc2ccccc12. The van der Waals surface area contributed by atoms with Crippen LogP contribution in [0.15, 0.2) is 71.8 Å². The monoisotopic (exact) mass is 546 g/mol. The molecular formula is C23H17F3N6O3S2. The number of anilines is 1. The lowest BCUT2D eigenvalue weighted by molar-refractivity contribution is -0.274. The Balaban J connectivity index is 1.55. The van der Waals surface area contributed by atoms with Crippen molar-refractivity contribution in [3.63, 3.8) is 0 Å². The third kappa shape index (κ3) is 5.11. The van der Waals surface area contributed by atoms with Crippen molar-refractivity contribution >= 4 is 36.4 Å². The van der Waals surface area contributed by atoms with Gasteiger partial charge in [0.15, 0.2) is 0 Å². The molecule has 0 unspecified atom stereocenters. The van der Waals surface area contributed by atoms with Crippen molar-refractivity contribution in [2.45, 2.75) is 24.7 Å². The van der Waals surface area contributed by atoms with Gasteiger partial charge in [-0.3, -0.25) is 9.29 Å². The number of aromatic nitrogens is 5. The van der Waals surface area contributed by atoms with Crippen molar-refractivity contribution < 1.29 is 26.3 Å². The van der Waals surface area contributed by atoms with Crippen LogP contribution < -0.4 is 9.04 Å². The molecule has 9 nitrogen and oxygen atoms in total. The standard InChI is InChI=1S/C23H17F3N6O3S2/c1-14-18-4-2-3-5-20(18)36-22(14)32(13-15-6-8-16(9-7-15)35-23(24,25)26)37(33,34)17-10-11-19(27-12-17)21-28-30-31-29-21/h2-12H,13H2,1H3,(H,28,29,30,31). The number of tetrazole rings is 1. The Bertz CT molecular complexity index is 1640. The second-order valence-electron chi connectivity index (χ2n) is 7.85. The van der Waals surface area contributed by atoms with Gasteiger partial charge in [-0.2, -0.15) is 5.21 Å². The summed E-state index contributed by atoms with van der Waals surface area (Å²) < 4.78 is 71.5. The predicted molar refractivity (Wildman–Crippen MR) is 130 cm³/mol. The van der Waals surface area contributed by atoms with E-state index in [1.165, 1.54) is 46.1 Å². The molecule has 14 heteroatoms. The Kier molecular flexibility index (Phi) is 6.29. The summed E-state index contributed by atoms with van der Waals surface area (Å²) in [5.41, 5.74) is 1.56. The minimum absolute atomic E-state index is 0.0753. The Morgan fingerprint density at radius 1 is 1.05 bits per heavy atom. The molecule has 0 fully saturated rings. The molecule has 0 radical (unpaired) electrons. The molecule has 0 saturated carbocycles. The molecule has 3 aromatic heterocycles. The number of fused-ring (bicyclic) bond motifs is 1. The highest BCUT2D eigenvalue weighted by atomic mass is 32.2. The molecule has 5 aromatic rings. The average molecular weight is 547 g/mol. The van der Waals surface area contributed by atoms with Crippen molar-refractivity contribution in [3.8, 4) is 17.3 Å². The van der Waals surface area contributed by atoms with Gasteiger partial charge in [-0.1, -0.05) is 30.3 Å². The molecule has 0 aliphatic carbocycles. The Hall–Kier alpha value is -4.04. The number of sulfonamides is 1. The minimum atomic E-state index is -4.83. The largest absolute Gasteiger partial charge is 0.573 e. The number of H-pyrrole nitrogens is 1. The fourth-order valence-electron chi connectivity index (χ4n) is 3.69. The van der Waals surface area contributed by atoms with Crippen LogP contribution in [0.2, 0.25) is 0 Å². The number of benzene rings is 2. The normalized spacial score (nSPS) is 12.1. The molecule has 0 aliphatic rings. The number of thiophene rings is 1. The van der Waals surface area contributed by atoms with E-state index in [-0.39, 0.29) is 17.3 Å². The van der Waals surface area contributed by atoms with Crippen LogP contribution in [-0.4, -0.2) is 40.4 Å². The van der Waals surface area contributed by atoms with Crippen LogP contribution in [-0.2, 0) is 16.6 Å². The summed E-state index contributed by atoms with van der Waals surface area (Å²) in [5, 5.41) is 14.8. The Labute approximate surface area is 212 Å². The lowest BCUT2D eigenvalue weighted by Crippen LogP contribution is -2.30. The van der Waals surface area contributed by atoms with Gasteiger partial charge in [0.1, 0.15) is 21.3 Å². The molecule has 0 aliphatic heterocycles. The lowest BCUT2D eigenvalue weighted by Gasteiger charge is -2.24. The zero-order chi connectivity index (χ0) is 26.2. The lowest BCUT2D eigenvalue weighted by atomic mass is 10.2. The summed E-state index contributed by atoms with van der Waals surface area (Å²) in [6.45, 7) is 1.70. The van der Waals surface area contributed by atoms with E-state index < -0.39 is 22.1 Å². The first kappa shape index (κ1) is 24.6. The zero-order valence-corrected chi connectivity index (χ0v) is 20.6. The van der Waals surface area contributed by atoms with Crippen molar-refractivity contribution in [1.29, 1.82) is 0 Å². The highest BCUT2D eigenvalue weighted by Gasteiger charge is 2.32. The molecule has 5 rings (SSSR count). The van der Waals surface area contributed by atoms with Gasteiger partial charge in [-0.05, 0) is 59.0 Å². The van der Waals surface area contributed by atoms with Gasteiger partial charge in [-0.15, -0.1) is 34.7 Å². The first-order chi connectivity index (χ1) is 17.6. The van der Waals surface area contributed by atoms with Crippen LogP contribution >= 0.6 is 11.3 Å². The van der Waals surface area contributed by atoms with E-state index in [9.17, 15) is 21.6 Å². The molecule has 0 amide bonds. The number of aromatic amines is 1. The number of nitrogens with one attached hydrogen (secondary N) is 1. The Morgan fingerprint density at radius 2 is 1.81 bits per heavy atom. The molecule has 190 valence electrons. The summed E-state index contributed by atoms with van der Waals surface area (Å²) in [5.74, 6) is -0.188. The number of halogens is 3. The molecule has 0 spiro atoms. The van der Waals surface area contributed by atoms with E-state index in [0.717, 1.165) is 27.8 Å². The van der Waals surface area contributed by atoms with Crippen molar-refractivity contribution in [2.24, 2.45) is 0 Å². The van der Waals surface area contributed by atoms with E-state index in [1.54, 1.807) is 0 Å². The van der Waals surface area contributed by atoms with E-state index in [0.29, 0.717) is 16.3 Å². The molecule has 3 heterocycles. The first-order valence-corrected chi connectivity index (χ1v) is 12.9. The summed E-state index contributed by atoms with van der Waals surface area (Å²) >= 11 is 1.31. The minimum Gasteiger partial charge on any atom is -0.406 e. The highest BCUT2D eigenvalue weighted by molar-refractivity contribution is 7.93. The second kappa shape index (κ2) is 9.44. The predicted octanol–water partition coefficient (Wildman–Crippen LogP) is 5.08. The maximum absolute atomic E-state index is 13.9. The number of nitrogens with zero attached hydrogens (tertiary/aromatic N) is 5. The third-order valence-electron chi connectivity index (χ3n) is 5.43. The highest BCUT2D eigenvalue weighted by Crippen LogP contribution is 2.40. The van der Waals surface area contributed by atoms with Crippen molar-refractivity contribution in [3.05, 3.63) is 78.0 Å². The molecule has 2 aromatic carbocycles. The third-order valence-corrected chi connectivity index (χ3v) is 8.57. The van der Waals surface area contributed by atoms with Gasteiger partial charge < -0.3 is 4.74 Å². The number of rotatable bonds is 7. The number of pyridine rings is 1. The smallest absolute Gasteiger partial charge is 0.406 e. The van der Waals surface area contributed by atoms with Gasteiger partial charge >= 0.3 is 6.36 Å². The van der Waals surface area contributed by atoms with Crippen molar-refractivity contribution in [1.82, 2.24) is 25.6 Å².